The Balaban J connectivity index is 1.84. The molecule has 3 saturated carbocycles. The predicted molar refractivity (Wildman–Crippen MR) is 41.7 cm³/mol. The molecule has 3 rings (SSSR count). The second kappa shape index (κ2) is 1.60. The predicted octanol–water partition coefficient (Wildman–Crippen LogP) is 2.98. The molecule has 3 aliphatic carbocycles. The molecule has 0 heteroatoms. The van der Waals surface area contributed by atoms with E-state index in [2.05, 4.69) is 0 Å². The van der Waals surface area contributed by atoms with Crippen molar-refractivity contribution in [1.82, 2.24) is 0 Å². The van der Waals surface area contributed by atoms with Gasteiger partial charge in [0.05, 0.1) is 0 Å². The summed E-state index contributed by atoms with van der Waals surface area (Å²) >= 11 is 0. The van der Waals surface area contributed by atoms with E-state index >= 15 is 0 Å². The van der Waals surface area contributed by atoms with Crippen molar-refractivity contribution in [3.8, 4) is 0 Å². The Morgan fingerprint density at radius 3 is 2.00 bits per heavy atom. The zero-order valence-corrected chi connectivity index (χ0v) is 6.60. The Kier molecular flexibility index (Phi) is 0.898. The van der Waals surface area contributed by atoms with Crippen molar-refractivity contribution < 1.29 is 0 Å². The van der Waals surface area contributed by atoms with Crippen LogP contribution in [-0.2, 0) is 0 Å². The maximum absolute atomic E-state index is 1.60. The summed E-state index contributed by atoms with van der Waals surface area (Å²) < 4.78 is 0. The quantitative estimate of drug-likeness (QED) is 0.480. The van der Waals surface area contributed by atoms with Crippen LogP contribution in [-0.4, -0.2) is 0 Å². The Morgan fingerprint density at radius 2 is 1.40 bits per heavy atom. The van der Waals surface area contributed by atoms with E-state index in [1.807, 2.05) is 0 Å². The van der Waals surface area contributed by atoms with E-state index in [0.29, 0.717) is 0 Å². The van der Waals surface area contributed by atoms with E-state index < -0.39 is 0 Å². The summed E-state index contributed by atoms with van der Waals surface area (Å²) in [5, 5.41) is 0. The van der Waals surface area contributed by atoms with Crippen LogP contribution in [0.15, 0.2) is 0 Å². The minimum Gasteiger partial charge on any atom is -0.0527 e. The zero-order chi connectivity index (χ0) is 6.60. The van der Waals surface area contributed by atoms with Crippen LogP contribution < -0.4 is 0 Å². The molecule has 0 N–H and O–H groups in total. The summed E-state index contributed by atoms with van der Waals surface area (Å²) in [6, 6.07) is 0. The summed E-state index contributed by atoms with van der Waals surface area (Å²) in [4.78, 5) is 0. The van der Waals surface area contributed by atoms with Crippen LogP contribution in [0.25, 0.3) is 0 Å². The smallest absolute Gasteiger partial charge is 0.0235 e. The molecule has 3 fully saturated rings. The summed E-state index contributed by atoms with van der Waals surface area (Å²) in [5.74, 6) is 2.44. The van der Waals surface area contributed by atoms with Gasteiger partial charge in [0.1, 0.15) is 0 Å². The number of hydrogen-bond donors (Lipinski definition) is 0. The molecule has 0 aromatic heterocycles. The van der Waals surface area contributed by atoms with Gasteiger partial charge in [-0.05, 0) is 42.9 Å². The van der Waals surface area contributed by atoms with Gasteiger partial charge in [0.15, 0.2) is 0 Å². The van der Waals surface area contributed by atoms with Gasteiger partial charge in [-0.2, -0.15) is 0 Å². The average molecular weight is 136 g/mol. The van der Waals surface area contributed by atoms with Gasteiger partial charge in [0.2, 0.25) is 0 Å². The van der Waals surface area contributed by atoms with Gasteiger partial charge in [0, 0.05) is 0 Å². The van der Waals surface area contributed by atoms with Crippen molar-refractivity contribution in [1.29, 1.82) is 0 Å². The van der Waals surface area contributed by atoms with Crippen molar-refractivity contribution >= 4 is 0 Å². The van der Waals surface area contributed by atoms with Crippen LogP contribution in [0.5, 0.6) is 0 Å². The lowest BCUT2D eigenvalue weighted by Crippen LogP contribution is -2.00. The molecule has 0 aliphatic heterocycles. The third kappa shape index (κ3) is 0.466. The maximum atomic E-state index is 1.60. The monoisotopic (exact) mass is 136 g/mol. The third-order valence-electron chi connectivity index (χ3n) is 4.42. The van der Waals surface area contributed by atoms with Crippen molar-refractivity contribution in [2.45, 2.75) is 44.9 Å². The van der Waals surface area contributed by atoms with E-state index in [1.54, 1.807) is 44.9 Å². The maximum Gasteiger partial charge on any atom is -0.0235 e. The van der Waals surface area contributed by atoms with Crippen molar-refractivity contribution in [2.24, 2.45) is 17.3 Å². The highest BCUT2D eigenvalue weighted by Gasteiger charge is 2.65. The number of fused-ring (bicyclic) bond motifs is 3. The molecule has 0 radical (unpaired) electrons. The highest BCUT2D eigenvalue weighted by atomic mass is 14.7. The van der Waals surface area contributed by atoms with Gasteiger partial charge in [-0.1, -0.05) is 19.3 Å². The van der Waals surface area contributed by atoms with Crippen molar-refractivity contribution in [3.05, 3.63) is 0 Å². The Bertz CT molecular complexity index is 141. The highest BCUT2D eigenvalue weighted by molar-refractivity contribution is 5.14. The van der Waals surface area contributed by atoms with Gasteiger partial charge in [-0.15, -0.1) is 0 Å². The summed E-state index contributed by atoms with van der Waals surface area (Å²) in [7, 11) is 0. The van der Waals surface area contributed by atoms with Crippen LogP contribution in [0.1, 0.15) is 44.9 Å². The SMILES string of the molecule is C1CC2C(C1)C21CCCC1. The zero-order valence-electron chi connectivity index (χ0n) is 6.60. The minimum absolute atomic E-state index is 0.957. The van der Waals surface area contributed by atoms with E-state index in [1.165, 1.54) is 11.8 Å². The summed E-state index contributed by atoms with van der Waals surface area (Å²) in [6.07, 6.45) is 11.0. The Hall–Kier alpha value is 0. The van der Waals surface area contributed by atoms with Crippen molar-refractivity contribution in [3.63, 3.8) is 0 Å². The molecule has 0 saturated heterocycles. The number of rotatable bonds is 0. The second-order valence-electron chi connectivity index (χ2n) is 4.58. The van der Waals surface area contributed by atoms with E-state index in [4.69, 9.17) is 0 Å². The Labute approximate surface area is 63.0 Å². The fourth-order valence-electron chi connectivity index (χ4n) is 3.98. The second-order valence-corrected chi connectivity index (χ2v) is 4.58. The van der Waals surface area contributed by atoms with Crippen molar-refractivity contribution in [2.75, 3.05) is 0 Å². The lowest BCUT2D eigenvalue weighted by molar-refractivity contribution is 0.396. The largest absolute Gasteiger partial charge is 0.0527 e. The molecular formula is C10H16. The standard InChI is InChI=1S/C10H16/c1-2-7-10(6-1)8-4-3-5-9(8)10/h8-9H,1-7H2. The van der Waals surface area contributed by atoms with Gasteiger partial charge >= 0.3 is 0 Å². The fraction of sp³-hybridized carbons (Fsp3) is 1.00. The molecule has 0 aromatic carbocycles. The van der Waals surface area contributed by atoms with E-state index in [9.17, 15) is 0 Å². The average Bonchev–Trinajstić information content (AvgIpc) is 2.41. The normalized spacial score (nSPS) is 48.0. The van der Waals surface area contributed by atoms with Gasteiger partial charge in [0.25, 0.3) is 0 Å². The molecule has 1 spiro atoms. The molecule has 0 aromatic rings. The van der Waals surface area contributed by atoms with Gasteiger partial charge in [-0.3, -0.25) is 0 Å². The molecule has 2 unspecified atom stereocenters. The van der Waals surface area contributed by atoms with Crippen LogP contribution in [0.3, 0.4) is 0 Å². The molecule has 56 valence electrons. The van der Waals surface area contributed by atoms with E-state index in [0.717, 1.165) is 5.41 Å². The molecule has 10 heavy (non-hydrogen) atoms. The minimum atomic E-state index is 0.957. The molecule has 2 atom stereocenters. The van der Waals surface area contributed by atoms with Crippen LogP contribution in [0, 0.1) is 17.3 Å². The summed E-state index contributed by atoms with van der Waals surface area (Å²) in [5.41, 5.74) is 0.957. The van der Waals surface area contributed by atoms with Gasteiger partial charge in [-0.25, -0.2) is 0 Å². The van der Waals surface area contributed by atoms with E-state index in [-0.39, 0.29) is 0 Å². The van der Waals surface area contributed by atoms with Crippen LogP contribution in [0.4, 0.5) is 0 Å². The van der Waals surface area contributed by atoms with Crippen LogP contribution in [0.2, 0.25) is 0 Å². The summed E-state index contributed by atoms with van der Waals surface area (Å²) in [6.45, 7) is 0. The lowest BCUT2D eigenvalue weighted by Gasteiger charge is -2.11. The molecule has 0 bridgehead atoms. The molecule has 3 aliphatic rings. The first kappa shape index (κ1) is 5.62. The number of hydrogen-bond acceptors (Lipinski definition) is 0. The fourth-order valence-corrected chi connectivity index (χ4v) is 3.98. The first-order valence-electron chi connectivity index (χ1n) is 4.93. The van der Waals surface area contributed by atoms with Crippen LogP contribution >= 0.6 is 0 Å². The molecular weight excluding hydrogens is 120 g/mol. The lowest BCUT2D eigenvalue weighted by atomic mass is 9.94. The molecule has 0 nitrogen and oxygen atoms in total. The first-order chi connectivity index (χ1) is 4.93. The Morgan fingerprint density at radius 1 is 0.800 bits per heavy atom. The molecule has 0 amide bonds. The topological polar surface area (TPSA) is 0 Å². The van der Waals surface area contributed by atoms with Gasteiger partial charge < -0.3 is 0 Å². The molecule has 0 heterocycles. The highest BCUT2D eigenvalue weighted by Crippen LogP contribution is 2.73. The first-order valence-corrected chi connectivity index (χ1v) is 4.93. The third-order valence-corrected chi connectivity index (χ3v) is 4.42.